The normalized spacial score (nSPS) is 15.0. The molecule has 1 heterocycles. The molecule has 0 unspecified atom stereocenters. The summed E-state index contributed by atoms with van der Waals surface area (Å²) < 4.78 is 17.1. The average molecular weight is 405 g/mol. The van der Waals surface area contributed by atoms with Gasteiger partial charge in [-0.3, -0.25) is 9.59 Å². The van der Waals surface area contributed by atoms with Gasteiger partial charge >= 0.3 is 0 Å². The standard InChI is InChI=1S/C20H21ClN2O5/c1-2-23(10-14-11-26-17-5-3-4-6-18(17)28-14)19(24)12-27-16-8-7-13(21)9-15(16)20(22)25/h3-9,14H,2,10-12H2,1H3,(H2,22,25)/t14-/m0/s1. The van der Waals surface area contributed by atoms with Gasteiger partial charge in [0.15, 0.2) is 24.2 Å². The highest BCUT2D eigenvalue weighted by Crippen LogP contribution is 2.31. The van der Waals surface area contributed by atoms with Crippen LogP contribution in [-0.2, 0) is 4.79 Å². The summed E-state index contributed by atoms with van der Waals surface area (Å²) in [7, 11) is 0. The summed E-state index contributed by atoms with van der Waals surface area (Å²) in [4.78, 5) is 25.7. The van der Waals surface area contributed by atoms with Crippen LogP contribution in [0.5, 0.6) is 17.2 Å². The van der Waals surface area contributed by atoms with Gasteiger partial charge < -0.3 is 24.8 Å². The number of carbonyl (C=O) groups is 2. The van der Waals surface area contributed by atoms with Gasteiger partial charge in [-0.15, -0.1) is 0 Å². The molecule has 2 N–H and O–H groups in total. The Labute approximate surface area is 167 Å². The van der Waals surface area contributed by atoms with E-state index in [4.69, 9.17) is 31.5 Å². The summed E-state index contributed by atoms with van der Waals surface area (Å²) in [5, 5.41) is 0.359. The number of ether oxygens (including phenoxy) is 3. The molecular formula is C20H21ClN2O5. The van der Waals surface area contributed by atoms with Crippen molar-refractivity contribution in [3.8, 4) is 17.2 Å². The van der Waals surface area contributed by atoms with Crippen LogP contribution in [-0.4, -0.2) is 49.1 Å². The number of nitrogens with two attached hydrogens (primary N) is 1. The van der Waals surface area contributed by atoms with E-state index in [0.29, 0.717) is 36.2 Å². The molecule has 0 saturated heterocycles. The number of para-hydroxylation sites is 2. The fraction of sp³-hybridized carbons (Fsp3) is 0.300. The number of amides is 2. The second-order valence-electron chi connectivity index (χ2n) is 6.22. The minimum Gasteiger partial charge on any atom is -0.486 e. The van der Waals surface area contributed by atoms with E-state index in [1.54, 1.807) is 11.0 Å². The summed E-state index contributed by atoms with van der Waals surface area (Å²) in [5.41, 5.74) is 5.46. The van der Waals surface area contributed by atoms with Gasteiger partial charge in [-0.05, 0) is 37.3 Å². The van der Waals surface area contributed by atoms with Crippen molar-refractivity contribution < 1.29 is 23.8 Å². The topological polar surface area (TPSA) is 91.1 Å². The smallest absolute Gasteiger partial charge is 0.260 e. The van der Waals surface area contributed by atoms with Crippen LogP contribution in [0.1, 0.15) is 17.3 Å². The molecule has 0 aliphatic carbocycles. The zero-order valence-corrected chi connectivity index (χ0v) is 16.1. The molecule has 3 rings (SSSR count). The average Bonchev–Trinajstić information content (AvgIpc) is 2.70. The molecule has 0 saturated carbocycles. The van der Waals surface area contributed by atoms with Crippen LogP contribution in [0.2, 0.25) is 5.02 Å². The first-order chi connectivity index (χ1) is 13.5. The van der Waals surface area contributed by atoms with Crippen LogP contribution in [0.25, 0.3) is 0 Å². The lowest BCUT2D eigenvalue weighted by atomic mass is 10.2. The lowest BCUT2D eigenvalue weighted by molar-refractivity contribution is -0.134. The molecule has 0 aromatic heterocycles. The minimum atomic E-state index is -0.677. The van der Waals surface area contributed by atoms with Crippen LogP contribution in [0.4, 0.5) is 0 Å². The summed E-state index contributed by atoms with van der Waals surface area (Å²) in [5.74, 6) is 0.649. The minimum absolute atomic E-state index is 0.129. The van der Waals surface area contributed by atoms with E-state index in [-0.39, 0.29) is 29.9 Å². The quantitative estimate of drug-likeness (QED) is 0.765. The lowest BCUT2D eigenvalue weighted by Crippen LogP contribution is -2.45. The molecule has 1 aliphatic rings. The Balaban J connectivity index is 1.60. The second-order valence-corrected chi connectivity index (χ2v) is 6.66. The van der Waals surface area contributed by atoms with Crippen LogP contribution >= 0.6 is 11.6 Å². The molecule has 28 heavy (non-hydrogen) atoms. The Hall–Kier alpha value is -2.93. The molecule has 1 atom stereocenters. The predicted octanol–water partition coefficient (Wildman–Crippen LogP) is 2.51. The van der Waals surface area contributed by atoms with E-state index >= 15 is 0 Å². The highest BCUT2D eigenvalue weighted by Gasteiger charge is 2.25. The van der Waals surface area contributed by atoms with Gasteiger partial charge in [0, 0.05) is 11.6 Å². The zero-order valence-electron chi connectivity index (χ0n) is 15.4. The van der Waals surface area contributed by atoms with Gasteiger partial charge in [0.2, 0.25) is 0 Å². The van der Waals surface area contributed by atoms with Gasteiger partial charge in [-0.2, -0.15) is 0 Å². The number of likely N-dealkylation sites (N-methyl/N-ethyl adjacent to an activating group) is 1. The molecule has 0 spiro atoms. The number of halogens is 1. The summed E-state index contributed by atoms with van der Waals surface area (Å²) >= 11 is 5.88. The maximum atomic E-state index is 12.6. The first kappa shape index (κ1) is 19.8. The third-order valence-electron chi connectivity index (χ3n) is 4.28. The van der Waals surface area contributed by atoms with Crippen molar-refractivity contribution in [2.45, 2.75) is 13.0 Å². The number of nitrogens with zero attached hydrogens (tertiary/aromatic N) is 1. The molecule has 0 radical (unpaired) electrons. The third kappa shape index (κ3) is 4.67. The van der Waals surface area contributed by atoms with Crippen molar-refractivity contribution in [1.82, 2.24) is 4.90 Å². The summed E-state index contributed by atoms with van der Waals surface area (Å²) in [6.45, 7) is 2.82. The number of hydrogen-bond acceptors (Lipinski definition) is 5. The molecule has 148 valence electrons. The van der Waals surface area contributed by atoms with Gasteiger partial charge in [0.1, 0.15) is 12.4 Å². The van der Waals surface area contributed by atoms with Crippen LogP contribution in [0, 0.1) is 0 Å². The monoisotopic (exact) mass is 404 g/mol. The van der Waals surface area contributed by atoms with E-state index in [1.165, 1.54) is 12.1 Å². The number of carbonyl (C=O) groups excluding carboxylic acids is 2. The largest absolute Gasteiger partial charge is 0.486 e. The molecule has 2 aromatic carbocycles. The zero-order chi connectivity index (χ0) is 20.1. The number of fused-ring (bicyclic) bond motifs is 1. The molecule has 8 heteroatoms. The molecule has 0 fully saturated rings. The maximum Gasteiger partial charge on any atom is 0.260 e. The first-order valence-corrected chi connectivity index (χ1v) is 9.24. The fourth-order valence-electron chi connectivity index (χ4n) is 2.86. The van der Waals surface area contributed by atoms with E-state index in [2.05, 4.69) is 0 Å². The van der Waals surface area contributed by atoms with Crippen molar-refractivity contribution in [3.05, 3.63) is 53.1 Å². The van der Waals surface area contributed by atoms with Crippen molar-refractivity contribution >= 4 is 23.4 Å². The highest BCUT2D eigenvalue weighted by atomic mass is 35.5. The van der Waals surface area contributed by atoms with E-state index in [1.807, 2.05) is 31.2 Å². The third-order valence-corrected chi connectivity index (χ3v) is 4.52. The van der Waals surface area contributed by atoms with Crippen LogP contribution in [0.3, 0.4) is 0 Å². The number of hydrogen-bond donors (Lipinski definition) is 1. The van der Waals surface area contributed by atoms with Gasteiger partial charge in [0.25, 0.3) is 11.8 Å². The molecular weight excluding hydrogens is 384 g/mol. The van der Waals surface area contributed by atoms with E-state index < -0.39 is 5.91 Å². The number of primary amides is 1. The van der Waals surface area contributed by atoms with Crippen LogP contribution < -0.4 is 19.9 Å². The second kappa shape index (κ2) is 8.84. The Morgan fingerprint density at radius 1 is 1.25 bits per heavy atom. The number of rotatable bonds is 7. The molecule has 0 bridgehead atoms. The fourth-order valence-corrected chi connectivity index (χ4v) is 3.03. The predicted molar refractivity (Wildman–Crippen MR) is 104 cm³/mol. The summed E-state index contributed by atoms with van der Waals surface area (Å²) in [6, 6.07) is 11.9. The Morgan fingerprint density at radius 3 is 2.71 bits per heavy atom. The van der Waals surface area contributed by atoms with Crippen LogP contribution in [0.15, 0.2) is 42.5 Å². The Morgan fingerprint density at radius 2 is 2.00 bits per heavy atom. The van der Waals surface area contributed by atoms with Gasteiger partial charge in [0.05, 0.1) is 12.1 Å². The Bertz CT molecular complexity index is 873. The number of benzene rings is 2. The molecule has 2 amide bonds. The van der Waals surface area contributed by atoms with Gasteiger partial charge in [-0.1, -0.05) is 23.7 Å². The SMILES string of the molecule is CCN(C[C@H]1COc2ccccc2O1)C(=O)COc1ccc(Cl)cc1C(N)=O. The molecule has 7 nitrogen and oxygen atoms in total. The first-order valence-electron chi connectivity index (χ1n) is 8.86. The Kier molecular flexibility index (Phi) is 6.26. The molecule has 1 aliphatic heterocycles. The summed E-state index contributed by atoms with van der Waals surface area (Å²) in [6.07, 6.45) is -0.282. The van der Waals surface area contributed by atoms with Crippen molar-refractivity contribution in [2.75, 3.05) is 26.3 Å². The molecule has 2 aromatic rings. The van der Waals surface area contributed by atoms with E-state index in [0.717, 1.165) is 0 Å². The van der Waals surface area contributed by atoms with Crippen molar-refractivity contribution in [2.24, 2.45) is 5.73 Å². The highest BCUT2D eigenvalue weighted by molar-refractivity contribution is 6.31. The van der Waals surface area contributed by atoms with E-state index in [9.17, 15) is 9.59 Å². The van der Waals surface area contributed by atoms with Gasteiger partial charge in [-0.25, -0.2) is 0 Å². The lowest BCUT2D eigenvalue weighted by Gasteiger charge is -2.30. The van der Waals surface area contributed by atoms with Crippen molar-refractivity contribution in [3.63, 3.8) is 0 Å². The maximum absolute atomic E-state index is 12.6. The van der Waals surface area contributed by atoms with Crippen molar-refractivity contribution in [1.29, 1.82) is 0 Å².